The van der Waals surface area contributed by atoms with E-state index in [1.807, 2.05) is 36.9 Å². The van der Waals surface area contributed by atoms with Crippen LogP contribution in [0.5, 0.6) is 0 Å². The highest BCUT2D eigenvalue weighted by atomic mass is 15.3. The van der Waals surface area contributed by atoms with Crippen molar-refractivity contribution in [2.24, 2.45) is 0 Å². The molecule has 0 fully saturated rings. The molecule has 0 unspecified atom stereocenters. The number of rotatable bonds is 3. The number of pyridine rings is 1. The van der Waals surface area contributed by atoms with Gasteiger partial charge in [-0.05, 0) is 24.5 Å². The zero-order valence-corrected chi connectivity index (χ0v) is 12.5. The lowest BCUT2D eigenvalue weighted by molar-refractivity contribution is 0.662. The summed E-state index contributed by atoms with van der Waals surface area (Å²) in [6.07, 6.45) is 3.62. The van der Waals surface area contributed by atoms with Crippen LogP contribution >= 0.6 is 0 Å². The average molecular weight is 260 g/mol. The molecule has 0 saturated heterocycles. The SMILES string of the molecule is CC.Cc1c(C(C)C)c(N)nn1Cc1cccnc1. The highest BCUT2D eigenvalue weighted by Crippen LogP contribution is 2.25. The number of aromatic nitrogens is 3. The second-order valence-corrected chi connectivity index (χ2v) is 4.56. The van der Waals surface area contributed by atoms with Gasteiger partial charge < -0.3 is 5.73 Å². The molecule has 0 saturated carbocycles. The molecule has 2 N–H and O–H groups in total. The molecule has 0 bridgehead atoms. The Kier molecular flexibility index (Phi) is 5.55. The van der Waals surface area contributed by atoms with Gasteiger partial charge in [0.1, 0.15) is 5.82 Å². The maximum atomic E-state index is 5.95. The second-order valence-electron chi connectivity index (χ2n) is 4.56. The van der Waals surface area contributed by atoms with Crippen molar-refractivity contribution in [3.63, 3.8) is 0 Å². The fourth-order valence-electron chi connectivity index (χ4n) is 2.12. The van der Waals surface area contributed by atoms with Crippen LogP contribution in [-0.2, 0) is 6.54 Å². The monoisotopic (exact) mass is 260 g/mol. The predicted molar refractivity (Wildman–Crippen MR) is 80.2 cm³/mol. The van der Waals surface area contributed by atoms with Crippen molar-refractivity contribution in [1.29, 1.82) is 0 Å². The molecule has 104 valence electrons. The van der Waals surface area contributed by atoms with Crippen LogP contribution in [0.2, 0.25) is 0 Å². The van der Waals surface area contributed by atoms with Gasteiger partial charge in [-0.15, -0.1) is 0 Å². The quantitative estimate of drug-likeness (QED) is 0.920. The molecule has 2 aromatic heterocycles. The second kappa shape index (κ2) is 6.92. The Morgan fingerprint density at radius 3 is 2.47 bits per heavy atom. The van der Waals surface area contributed by atoms with Crippen LogP contribution in [0.3, 0.4) is 0 Å². The summed E-state index contributed by atoms with van der Waals surface area (Å²) < 4.78 is 1.95. The van der Waals surface area contributed by atoms with Crippen molar-refractivity contribution in [2.75, 3.05) is 5.73 Å². The number of nitrogen functional groups attached to an aromatic ring is 1. The zero-order chi connectivity index (χ0) is 14.4. The van der Waals surface area contributed by atoms with E-state index in [1.54, 1.807) is 6.20 Å². The molecule has 0 atom stereocenters. The largest absolute Gasteiger partial charge is 0.382 e. The normalized spacial score (nSPS) is 10.2. The third-order valence-electron chi connectivity index (χ3n) is 2.91. The van der Waals surface area contributed by atoms with Crippen LogP contribution in [0.15, 0.2) is 24.5 Å². The minimum atomic E-state index is 0.401. The van der Waals surface area contributed by atoms with Crippen molar-refractivity contribution < 1.29 is 0 Å². The number of nitrogens with two attached hydrogens (primary N) is 1. The lowest BCUT2D eigenvalue weighted by Crippen LogP contribution is -2.04. The maximum absolute atomic E-state index is 5.95. The van der Waals surface area contributed by atoms with Crippen molar-refractivity contribution in [2.45, 2.75) is 47.1 Å². The first-order valence-corrected chi connectivity index (χ1v) is 6.81. The summed E-state index contributed by atoms with van der Waals surface area (Å²) >= 11 is 0. The van der Waals surface area contributed by atoms with Crippen molar-refractivity contribution in [1.82, 2.24) is 14.8 Å². The van der Waals surface area contributed by atoms with E-state index in [-0.39, 0.29) is 0 Å². The molecule has 19 heavy (non-hydrogen) atoms. The summed E-state index contributed by atoms with van der Waals surface area (Å²) in [4.78, 5) is 4.10. The van der Waals surface area contributed by atoms with Crippen LogP contribution in [-0.4, -0.2) is 14.8 Å². The van der Waals surface area contributed by atoms with E-state index < -0.39 is 0 Å². The molecule has 2 aromatic rings. The summed E-state index contributed by atoms with van der Waals surface area (Å²) in [6, 6.07) is 3.97. The number of hydrogen-bond acceptors (Lipinski definition) is 3. The predicted octanol–water partition coefficient (Wildman–Crippen LogP) is 3.37. The van der Waals surface area contributed by atoms with Crippen LogP contribution in [0.1, 0.15) is 50.4 Å². The zero-order valence-electron chi connectivity index (χ0n) is 12.5. The molecule has 0 aliphatic rings. The van der Waals surface area contributed by atoms with E-state index in [1.165, 1.54) is 0 Å². The summed E-state index contributed by atoms with van der Waals surface area (Å²) in [5, 5.41) is 4.39. The average Bonchev–Trinajstić information content (AvgIpc) is 2.68. The van der Waals surface area contributed by atoms with Gasteiger partial charge >= 0.3 is 0 Å². The van der Waals surface area contributed by atoms with Crippen LogP contribution in [0.4, 0.5) is 5.82 Å². The van der Waals surface area contributed by atoms with E-state index >= 15 is 0 Å². The summed E-state index contributed by atoms with van der Waals surface area (Å²) in [5.74, 6) is 1.04. The minimum absolute atomic E-state index is 0.401. The third-order valence-corrected chi connectivity index (χ3v) is 2.91. The molecule has 2 rings (SSSR count). The van der Waals surface area contributed by atoms with Crippen LogP contribution in [0.25, 0.3) is 0 Å². The smallest absolute Gasteiger partial charge is 0.149 e. The van der Waals surface area contributed by atoms with Gasteiger partial charge in [0, 0.05) is 23.7 Å². The van der Waals surface area contributed by atoms with E-state index in [0.29, 0.717) is 11.7 Å². The lowest BCUT2D eigenvalue weighted by Gasteiger charge is -2.07. The fraction of sp³-hybridized carbons (Fsp3) is 0.467. The summed E-state index contributed by atoms with van der Waals surface area (Å²) in [5.41, 5.74) is 9.37. The first kappa shape index (κ1) is 15.2. The van der Waals surface area contributed by atoms with Gasteiger partial charge in [-0.1, -0.05) is 33.8 Å². The molecule has 0 aliphatic heterocycles. The number of anilines is 1. The standard InChI is InChI=1S/C13H18N4.C2H6/c1-9(2)12-10(3)17(16-13(12)14)8-11-5-4-6-15-7-11;1-2/h4-7,9H,8H2,1-3H3,(H2,14,16);1-2H3. The van der Waals surface area contributed by atoms with Crippen LogP contribution < -0.4 is 5.73 Å². The maximum Gasteiger partial charge on any atom is 0.149 e. The van der Waals surface area contributed by atoms with Gasteiger partial charge in [-0.3, -0.25) is 9.67 Å². The Labute approximate surface area is 115 Å². The van der Waals surface area contributed by atoms with Gasteiger partial charge in [0.25, 0.3) is 0 Å². The van der Waals surface area contributed by atoms with E-state index in [2.05, 4.69) is 30.9 Å². The van der Waals surface area contributed by atoms with Gasteiger partial charge in [0.05, 0.1) is 6.54 Å². The summed E-state index contributed by atoms with van der Waals surface area (Å²) in [7, 11) is 0. The minimum Gasteiger partial charge on any atom is -0.382 e. The number of hydrogen-bond donors (Lipinski definition) is 1. The van der Waals surface area contributed by atoms with E-state index in [9.17, 15) is 0 Å². The highest BCUT2D eigenvalue weighted by Gasteiger charge is 2.15. The first-order valence-electron chi connectivity index (χ1n) is 6.81. The molecule has 0 aliphatic carbocycles. The van der Waals surface area contributed by atoms with Gasteiger partial charge in [0.2, 0.25) is 0 Å². The first-order chi connectivity index (χ1) is 9.09. The Balaban J connectivity index is 0.000000861. The molecule has 4 heteroatoms. The molecule has 4 nitrogen and oxygen atoms in total. The fourth-order valence-corrected chi connectivity index (χ4v) is 2.12. The summed E-state index contributed by atoms with van der Waals surface area (Å²) in [6.45, 7) is 11.1. The molecule has 2 heterocycles. The topological polar surface area (TPSA) is 56.7 Å². The van der Waals surface area contributed by atoms with E-state index in [4.69, 9.17) is 5.73 Å². The molecular weight excluding hydrogens is 236 g/mol. The third kappa shape index (κ3) is 3.56. The Hall–Kier alpha value is -1.84. The molecule has 0 amide bonds. The lowest BCUT2D eigenvalue weighted by atomic mass is 10.0. The molecule has 0 spiro atoms. The Morgan fingerprint density at radius 1 is 1.32 bits per heavy atom. The molecule has 0 aromatic carbocycles. The van der Waals surface area contributed by atoms with Crippen molar-refractivity contribution in [3.05, 3.63) is 41.3 Å². The Morgan fingerprint density at radius 2 is 2.00 bits per heavy atom. The molecule has 0 radical (unpaired) electrons. The highest BCUT2D eigenvalue weighted by molar-refractivity contribution is 5.44. The van der Waals surface area contributed by atoms with Crippen LogP contribution in [0, 0.1) is 6.92 Å². The van der Waals surface area contributed by atoms with Crippen molar-refractivity contribution >= 4 is 5.82 Å². The molecular formula is C15H24N4. The van der Waals surface area contributed by atoms with Gasteiger partial charge in [-0.2, -0.15) is 5.10 Å². The number of nitrogens with zero attached hydrogens (tertiary/aromatic N) is 3. The van der Waals surface area contributed by atoms with Gasteiger partial charge in [0.15, 0.2) is 0 Å². The van der Waals surface area contributed by atoms with Gasteiger partial charge in [-0.25, -0.2) is 0 Å². The Bertz CT molecular complexity index is 500. The van der Waals surface area contributed by atoms with E-state index in [0.717, 1.165) is 23.4 Å². The van der Waals surface area contributed by atoms with Crippen molar-refractivity contribution in [3.8, 4) is 0 Å².